The molecule has 0 unspecified atom stereocenters. The molecule has 1 saturated heterocycles. The summed E-state index contributed by atoms with van der Waals surface area (Å²) < 4.78 is 0. The molecule has 0 saturated carbocycles. The summed E-state index contributed by atoms with van der Waals surface area (Å²) in [6.45, 7) is 3.77. The Hall–Kier alpha value is -3.53. The minimum absolute atomic E-state index is 0.105. The maximum atomic E-state index is 13.6. The van der Waals surface area contributed by atoms with E-state index in [1.807, 2.05) is 80.6 Å². The number of hydrogen-bond donors (Lipinski definition) is 1. The van der Waals surface area contributed by atoms with Crippen molar-refractivity contribution >= 4 is 46.6 Å². The van der Waals surface area contributed by atoms with Gasteiger partial charge < -0.3 is 5.32 Å². The number of aryl methyl sites for hydroxylation is 2. The smallest absolute Gasteiger partial charge is 0.269 e. The minimum atomic E-state index is -0.552. The first-order chi connectivity index (χ1) is 16.4. The Balaban J connectivity index is 1.77. The number of amides is 2. The summed E-state index contributed by atoms with van der Waals surface area (Å²) in [7, 11) is 0. The van der Waals surface area contributed by atoms with Gasteiger partial charge in [-0.1, -0.05) is 78.0 Å². The number of nitriles is 1. The van der Waals surface area contributed by atoms with E-state index in [0.717, 1.165) is 16.7 Å². The van der Waals surface area contributed by atoms with Gasteiger partial charge in [0.05, 0.1) is 10.9 Å². The molecule has 1 aliphatic rings. The van der Waals surface area contributed by atoms with Gasteiger partial charge in [0.1, 0.15) is 16.7 Å². The first kappa shape index (κ1) is 23.6. The predicted molar refractivity (Wildman–Crippen MR) is 138 cm³/mol. The molecule has 1 N–H and O–H groups in total. The number of carbonyl (C=O) groups is 2. The van der Waals surface area contributed by atoms with Crippen LogP contribution in [0.1, 0.15) is 16.7 Å². The van der Waals surface area contributed by atoms with Gasteiger partial charge in [-0.25, -0.2) is 0 Å². The van der Waals surface area contributed by atoms with Crippen LogP contribution in [0.3, 0.4) is 0 Å². The van der Waals surface area contributed by atoms with E-state index in [1.54, 1.807) is 12.1 Å². The van der Waals surface area contributed by atoms with Crippen LogP contribution in [0.15, 0.2) is 83.4 Å². The standard InChI is InChI=1S/C27H22ClN3O2S/c1-17-9-3-7-13-22(17)30-25(32)20(16-29)27-31(23-14-8-4-10-18(23)2)26(33)24(34-27)15-19-11-5-6-12-21(19)28/h3-14,24H,15H2,1-2H3,(H,30,32)/b27-20-/t24-/m0/s1. The molecule has 0 aromatic heterocycles. The van der Waals surface area contributed by atoms with Gasteiger partial charge in [0.15, 0.2) is 0 Å². The van der Waals surface area contributed by atoms with Gasteiger partial charge in [-0.15, -0.1) is 0 Å². The molecule has 1 heterocycles. The van der Waals surface area contributed by atoms with Gasteiger partial charge >= 0.3 is 0 Å². The molecule has 4 rings (SSSR count). The number of hydrogen-bond acceptors (Lipinski definition) is 4. The lowest BCUT2D eigenvalue weighted by Crippen LogP contribution is -2.31. The van der Waals surface area contributed by atoms with Crippen LogP contribution in [0.2, 0.25) is 5.02 Å². The lowest BCUT2D eigenvalue weighted by molar-refractivity contribution is -0.117. The highest BCUT2D eigenvalue weighted by molar-refractivity contribution is 8.05. The molecule has 0 bridgehead atoms. The Labute approximate surface area is 208 Å². The maximum absolute atomic E-state index is 13.6. The zero-order valence-electron chi connectivity index (χ0n) is 18.7. The van der Waals surface area contributed by atoms with Crippen LogP contribution in [-0.4, -0.2) is 17.1 Å². The molecular formula is C27H22ClN3O2S. The van der Waals surface area contributed by atoms with Crippen molar-refractivity contribution in [3.63, 3.8) is 0 Å². The predicted octanol–water partition coefficient (Wildman–Crippen LogP) is 6.02. The lowest BCUT2D eigenvalue weighted by Gasteiger charge is -2.21. The molecule has 1 aliphatic heterocycles. The lowest BCUT2D eigenvalue weighted by atomic mass is 10.1. The highest BCUT2D eigenvalue weighted by atomic mass is 35.5. The summed E-state index contributed by atoms with van der Waals surface area (Å²) in [6, 6.07) is 24.2. The van der Waals surface area contributed by atoms with E-state index in [9.17, 15) is 14.9 Å². The summed E-state index contributed by atoms with van der Waals surface area (Å²) in [5.74, 6) is -0.741. The molecule has 0 aliphatic carbocycles. The van der Waals surface area contributed by atoms with Crippen molar-refractivity contribution in [1.82, 2.24) is 0 Å². The third kappa shape index (κ3) is 4.72. The maximum Gasteiger partial charge on any atom is 0.269 e. The third-order valence-electron chi connectivity index (χ3n) is 5.62. The molecule has 34 heavy (non-hydrogen) atoms. The molecule has 3 aromatic carbocycles. The minimum Gasteiger partial charge on any atom is -0.321 e. The van der Waals surface area contributed by atoms with Crippen LogP contribution < -0.4 is 10.2 Å². The van der Waals surface area contributed by atoms with Gasteiger partial charge in [0.2, 0.25) is 5.91 Å². The van der Waals surface area contributed by atoms with E-state index >= 15 is 0 Å². The highest BCUT2D eigenvalue weighted by Crippen LogP contribution is 2.43. The van der Waals surface area contributed by atoms with Crippen molar-refractivity contribution in [2.75, 3.05) is 10.2 Å². The second kappa shape index (κ2) is 10.2. The number of thioether (sulfide) groups is 1. The Kier molecular flexibility index (Phi) is 7.06. The van der Waals surface area contributed by atoms with Crippen LogP contribution in [0.25, 0.3) is 0 Å². The zero-order valence-corrected chi connectivity index (χ0v) is 20.3. The fourth-order valence-electron chi connectivity index (χ4n) is 3.78. The number of para-hydroxylation sites is 2. The number of nitrogens with zero attached hydrogens (tertiary/aromatic N) is 2. The van der Waals surface area contributed by atoms with E-state index < -0.39 is 11.2 Å². The van der Waals surface area contributed by atoms with Gasteiger partial charge in [-0.2, -0.15) is 5.26 Å². The molecule has 5 nitrogen and oxygen atoms in total. The van der Waals surface area contributed by atoms with Crippen molar-refractivity contribution in [3.8, 4) is 6.07 Å². The molecule has 170 valence electrons. The van der Waals surface area contributed by atoms with E-state index in [4.69, 9.17) is 11.6 Å². The van der Waals surface area contributed by atoms with Crippen LogP contribution in [-0.2, 0) is 16.0 Å². The average molecular weight is 488 g/mol. The number of carbonyl (C=O) groups excluding carboxylic acids is 2. The summed E-state index contributed by atoms with van der Waals surface area (Å²) in [6.07, 6.45) is 0.382. The Morgan fingerprint density at radius 1 is 1.03 bits per heavy atom. The van der Waals surface area contributed by atoms with Crippen molar-refractivity contribution < 1.29 is 9.59 Å². The Bertz CT molecular complexity index is 1350. The quantitative estimate of drug-likeness (QED) is 0.352. The number of nitrogens with one attached hydrogen (secondary N) is 1. The van der Waals surface area contributed by atoms with Crippen LogP contribution >= 0.6 is 23.4 Å². The van der Waals surface area contributed by atoms with Crippen molar-refractivity contribution in [2.24, 2.45) is 0 Å². The van der Waals surface area contributed by atoms with Crippen molar-refractivity contribution in [3.05, 3.63) is 105 Å². The second-order valence-corrected chi connectivity index (χ2v) is 9.52. The van der Waals surface area contributed by atoms with Crippen molar-refractivity contribution in [1.29, 1.82) is 5.26 Å². The van der Waals surface area contributed by atoms with Crippen LogP contribution in [0.4, 0.5) is 11.4 Å². The number of anilines is 2. The molecule has 0 radical (unpaired) electrons. The SMILES string of the molecule is Cc1ccccc1NC(=O)/C(C#N)=C1\S[C@@H](Cc2ccccc2Cl)C(=O)N1c1ccccc1C. The fourth-order valence-corrected chi connectivity index (χ4v) is 5.28. The fraction of sp³-hybridized carbons (Fsp3) is 0.148. The van der Waals surface area contributed by atoms with Gasteiger partial charge in [0, 0.05) is 10.7 Å². The molecule has 0 spiro atoms. The topological polar surface area (TPSA) is 73.2 Å². The van der Waals surface area contributed by atoms with Gasteiger partial charge in [-0.05, 0) is 55.2 Å². The summed E-state index contributed by atoms with van der Waals surface area (Å²) in [4.78, 5) is 28.3. The number of rotatable bonds is 5. The average Bonchev–Trinajstić information content (AvgIpc) is 3.13. The molecule has 1 atom stereocenters. The Morgan fingerprint density at radius 2 is 1.68 bits per heavy atom. The molecule has 7 heteroatoms. The summed E-state index contributed by atoms with van der Waals surface area (Å²) in [5, 5.41) is 13.2. The Morgan fingerprint density at radius 3 is 2.35 bits per heavy atom. The first-order valence-corrected chi connectivity index (χ1v) is 12.0. The monoisotopic (exact) mass is 487 g/mol. The summed E-state index contributed by atoms with van der Waals surface area (Å²) >= 11 is 7.57. The van der Waals surface area contributed by atoms with Gasteiger partial charge in [0.25, 0.3) is 5.91 Å². The third-order valence-corrected chi connectivity index (χ3v) is 7.25. The van der Waals surface area contributed by atoms with Gasteiger partial charge in [-0.3, -0.25) is 14.5 Å². The zero-order chi connectivity index (χ0) is 24.2. The van der Waals surface area contributed by atoms with Crippen LogP contribution in [0.5, 0.6) is 0 Å². The molecule has 3 aromatic rings. The van der Waals surface area contributed by atoms with E-state index in [2.05, 4.69) is 5.32 Å². The highest BCUT2D eigenvalue weighted by Gasteiger charge is 2.41. The normalized spacial score (nSPS) is 16.8. The van der Waals surface area contributed by atoms with E-state index in [-0.39, 0.29) is 11.5 Å². The second-order valence-electron chi connectivity index (χ2n) is 7.92. The molecule has 2 amide bonds. The van der Waals surface area contributed by atoms with Crippen molar-refractivity contribution in [2.45, 2.75) is 25.5 Å². The van der Waals surface area contributed by atoms with Crippen LogP contribution in [0, 0.1) is 25.2 Å². The van der Waals surface area contributed by atoms with E-state index in [0.29, 0.717) is 27.8 Å². The largest absolute Gasteiger partial charge is 0.321 e. The number of benzene rings is 3. The number of halogens is 1. The molecule has 1 fully saturated rings. The van der Waals surface area contributed by atoms with E-state index in [1.165, 1.54) is 16.7 Å². The molecular weight excluding hydrogens is 466 g/mol. The summed E-state index contributed by atoms with van der Waals surface area (Å²) in [5.41, 5.74) is 3.73. The first-order valence-electron chi connectivity index (χ1n) is 10.7.